The van der Waals surface area contributed by atoms with Crippen molar-refractivity contribution < 1.29 is 23.5 Å². The van der Waals surface area contributed by atoms with Gasteiger partial charge in [-0.1, -0.05) is 0 Å². The topological polar surface area (TPSA) is 103 Å². The molecule has 2 heterocycles. The highest BCUT2D eigenvalue weighted by atomic mass is 32.1. The Kier molecular flexibility index (Phi) is 5.88. The summed E-state index contributed by atoms with van der Waals surface area (Å²) in [5, 5.41) is 5.95. The molecule has 0 unspecified atom stereocenters. The number of thiazole rings is 1. The van der Waals surface area contributed by atoms with Crippen LogP contribution in [0.3, 0.4) is 0 Å². The standard InChI is InChI=1S/C20H21N3O5S/c1-10-6-7-14(28-10)20-22-11(2)17(29-20)19(25)23-13-9-16(27-5)15(26-4)8-12(13)18(24)21-3/h6-9H,1-5H3,(H,21,24)(H,23,25). The highest BCUT2D eigenvalue weighted by Gasteiger charge is 2.22. The van der Waals surface area contributed by atoms with Crippen LogP contribution >= 0.6 is 11.3 Å². The lowest BCUT2D eigenvalue weighted by atomic mass is 10.1. The molecule has 1 aromatic carbocycles. The summed E-state index contributed by atoms with van der Waals surface area (Å²) in [5.74, 6) is 1.39. The number of anilines is 1. The largest absolute Gasteiger partial charge is 0.493 e. The summed E-state index contributed by atoms with van der Waals surface area (Å²) in [6, 6.07) is 6.72. The van der Waals surface area contributed by atoms with Crippen LogP contribution in [0.4, 0.5) is 5.69 Å². The van der Waals surface area contributed by atoms with Gasteiger partial charge < -0.3 is 24.5 Å². The predicted molar refractivity (Wildman–Crippen MR) is 110 cm³/mol. The van der Waals surface area contributed by atoms with Crippen molar-refractivity contribution in [3.63, 3.8) is 0 Å². The number of methoxy groups -OCH3 is 2. The van der Waals surface area contributed by atoms with E-state index in [1.165, 1.54) is 38.7 Å². The van der Waals surface area contributed by atoms with E-state index in [0.29, 0.717) is 38.5 Å². The van der Waals surface area contributed by atoms with Gasteiger partial charge in [-0.15, -0.1) is 11.3 Å². The Morgan fingerprint density at radius 2 is 1.76 bits per heavy atom. The minimum Gasteiger partial charge on any atom is -0.493 e. The van der Waals surface area contributed by atoms with Crippen LogP contribution in [0.1, 0.15) is 31.5 Å². The summed E-state index contributed by atoms with van der Waals surface area (Å²) in [6.07, 6.45) is 0. The van der Waals surface area contributed by atoms with Crippen molar-refractivity contribution in [2.24, 2.45) is 0 Å². The average Bonchev–Trinajstić information content (AvgIpc) is 3.32. The molecule has 0 fully saturated rings. The molecule has 0 aliphatic carbocycles. The summed E-state index contributed by atoms with van der Waals surface area (Å²) >= 11 is 1.22. The van der Waals surface area contributed by atoms with Crippen molar-refractivity contribution in [2.75, 3.05) is 26.6 Å². The summed E-state index contributed by atoms with van der Waals surface area (Å²) < 4.78 is 16.1. The van der Waals surface area contributed by atoms with E-state index in [1.54, 1.807) is 13.0 Å². The fourth-order valence-corrected chi connectivity index (χ4v) is 3.67. The second-order valence-electron chi connectivity index (χ2n) is 6.13. The number of hydrogen-bond donors (Lipinski definition) is 2. The third-order valence-corrected chi connectivity index (χ3v) is 5.37. The molecule has 0 aliphatic rings. The number of rotatable bonds is 6. The Labute approximate surface area is 171 Å². The molecule has 29 heavy (non-hydrogen) atoms. The molecule has 0 spiro atoms. The lowest BCUT2D eigenvalue weighted by Gasteiger charge is -2.14. The molecule has 2 aromatic heterocycles. The quantitative estimate of drug-likeness (QED) is 0.637. The molecule has 0 aliphatic heterocycles. The Morgan fingerprint density at radius 1 is 1.07 bits per heavy atom. The van der Waals surface area contributed by atoms with E-state index in [-0.39, 0.29) is 17.4 Å². The molecule has 2 amide bonds. The van der Waals surface area contributed by atoms with E-state index in [9.17, 15) is 9.59 Å². The lowest BCUT2D eigenvalue weighted by Crippen LogP contribution is -2.21. The molecule has 9 heteroatoms. The van der Waals surface area contributed by atoms with Gasteiger partial charge in [-0.2, -0.15) is 0 Å². The SMILES string of the molecule is CNC(=O)c1cc(OC)c(OC)cc1NC(=O)c1sc(-c2ccc(C)o2)nc1C. The minimum absolute atomic E-state index is 0.252. The van der Waals surface area contributed by atoms with Gasteiger partial charge in [0.25, 0.3) is 11.8 Å². The maximum Gasteiger partial charge on any atom is 0.267 e. The average molecular weight is 415 g/mol. The van der Waals surface area contributed by atoms with Crippen LogP contribution in [-0.2, 0) is 0 Å². The number of amides is 2. The summed E-state index contributed by atoms with van der Waals surface area (Å²) in [4.78, 5) is 30.1. The van der Waals surface area contributed by atoms with Crippen molar-refractivity contribution in [3.8, 4) is 22.3 Å². The van der Waals surface area contributed by atoms with Gasteiger partial charge in [0.2, 0.25) is 0 Å². The number of hydrogen-bond acceptors (Lipinski definition) is 7. The molecule has 8 nitrogen and oxygen atoms in total. The molecule has 0 saturated carbocycles. The molecule has 0 saturated heterocycles. The molecule has 3 aromatic rings. The molecule has 0 radical (unpaired) electrons. The van der Waals surface area contributed by atoms with Crippen LogP contribution in [-0.4, -0.2) is 38.1 Å². The summed E-state index contributed by atoms with van der Waals surface area (Å²) in [6.45, 7) is 3.59. The summed E-state index contributed by atoms with van der Waals surface area (Å²) in [5.41, 5.74) is 1.12. The number of nitrogens with zero attached hydrogens (tertiary/aromatic N) is 1. The summed E-state index contributed by atoms with van der Waals surface area (Å²) in [7, 11) is 4.46. The van der Waals surface area contributed by atoms with Crippen LogP contribution in [0.5, 0.6) is 11.5 Å². The van der Waals surface area contributed by atoms with E-state index in [1.807, 2.05) is 19.1 Å². The zero-order chi connectivity index (χ0) is 21.1. The number of carbonyl (C=O) groups excluding carboxylic acids is 2. The van der Waals surface area contributed by atoms with E-state index in [4.69, 9.17) is 13.9 Å². The highest BCUT2D eigenvalue weighted by Crippen LogP contribution is 2.35. The molecular formula is C20H21N3O5S. The first-order valence-corrected chi connectivity index (χ1v) is 9.53. The Morgan fingerprint density at radius 3 is 2.34 bits per heavy atom. The molecule has 3 rings (SSSR count). The molecule has 0 atom stereocenters. The van der Waals surface area contributed by atoms with Gasteiger partial charge in [-0.05, 0) is 32.0 Å². The van der Waals surface area contributed by atoms with Crippen molar-refractivity contribution in [3.05, 3.63) is 46.2 Å². The van der Waals surface area contributed by atoms with Crippen molar-refractivity contribution in [2.45, 2.75) is 13.8 Å². The smallest absolute Gasteiger partial charge is 0.267 e. The van der Waals surface area contributed by atoms with Gasteiger partial charge in [-0.25, -0.2) is 4.98 Å². The highest BCUT2D eigenvalue weighted by molar-refractivity contribution is 7.17. The van der Waals surface area contributed by atoms with Crippen molar-refractivity contribution in [1.29, 1.82) is 0 Å². The zero-order valence-corrected chi connectivity index (χ0v) is 17.5. The van der Waals surface area contributed by atoms with Crippen LogP contribution in [0, 0.1) is 13.8 Å². The maximum atomic E-state index is 12.9. The lowest BCUT2D eigenvalue weighted by molar-refractivity contribution is 0.0963. The van der Waals surface area contributed by atoms with Crippen molar-refractivity contribution >= 4 is 28.8 Å². The molecule has 2 N–H and O–H groups in total. The first-order valence-electron chi connectivity index (χ1n) is 8.71. The van der Waals surface area contributed by atoms with Crippen LogP contribution in [0.15, 0.2) is 28.7 Å². The number of benzene rings is 1. The van der Waals surface area contributed by atoms with Gasteiger partial charge >= 0.3 is 0 Å². The van der Waals surface area contributed by atoms with Crippen LogP contribution in [0.25, 0.3) is 10.8 Å². The first-order chi connectivity index (χ1) is 13.9. The number of aryl methyl sites for hydroxylation is 2. The van der Waals surface area contributed by atoms with Gasteiger partial charge in [0.05, 0.1) is 31.2 Å². The number of aromatic nitrogens is 1. The molecular weight excluding hydrogens is 394 g/mol. The Bertz CT molecular complexity index is 1070. The van der Waals surface area contributed by atoms with E-state index in [2.05, 4.69) is 15.6 Å². The van der Waals surface area contributed by atoms with Crippen LogP contribution < -0.4 is 20.1 Å². The minimum atomic E-state index is -0.382. The second kappa shape index (κ2) is 8.36. The van der Waals surface area contributed by atoms with E-state index in [0.717, 1.165) is 5.76 Å². The van der Waals surface area contributed by atoms with Gasteiger partial charge in [0.15, 0.2) is 22.3 Å². The van der Waals surface area contributed by atoms with Gasteiger partial charge in [0.1, 0.15) is 10.6 Å². The third kappa shape index (κ3) is 4.09. The Hall–Kier alpha value is -3.33. The van der Waals surface area contributed by atoms with Crippen LogP contribution in [0.2, 0.25) is 0 Å². The van der Waals surface area contributed by atoms with Crippen molar-refractivity contribution in [1.82, 2.24) is 10.3 Å². The van der Waals surface area contributed by atoms with Gasteiger partial charge in [0, 0.05) is 13.1 Å². The Balaban J connectivity index is 1.96. The number of carbonyl (C=O) groups is 2. The maximum absolute atomic E-state index is 12.9. The van der Waals surface area contributed by atoms with E-state index < -0.39 is 0 Å². The normalized spacial score (nSPS) is 10.5. The molecule has 152 valence electrons. The third-order valence-electron chi connectivity index (χ3n) is 4.20. The number of nitrogens with one attached hydrogen (secondary N) is 2. The zero-order valence-electron chi connectivity index (χ0n) is 16.7. The predicted octanol–water partition coefficient (Wildman–Crippen LogP) is 3.65. The monoisotopic (exact) mass is 415 g/mol. The number of furan rings is 1. The fourth-order valence-electron chi connectivity index (χ4n) is 2.75. The fraction of sp³-hybridized carbons (Fsp3) is 0.250. The first kappa shape index (κ1) is 20.4. The molecule has 0 bridgehead atoms. The van der Waals surface area contributed by atoms with Gasteiger partial charge in [-0.3, -0.25) is 9.59 Å². The second-order valence-corrected chi connectivity index (χ2v) is 7.13. The number of ether oxygens (including phenoxy) is 2. The van der Waals surface area contributed by atoms with E-state index >= 15 is 0 Å².